The number of hydrogen-bond donors (Lipinski definition) is 2. The number of thiophene rings is 1. The van der Waals surface area contributed by atoms with Crippen molar-refractivity contribution in [3.05, 3.63) is 22.8 Å². The smallest absolute Gasteiger partial charge is 0.220 e. The Bertz CT molecular complexity index is 1040. The topological polar surface area (TPSA) is 105 Å². The quantitative estimate of drug-likeness (QED) is 0.638. The molecule has 2 fully saturated rings. The van der Waals surface area contributed by atoms with Gasteiger partial charge in [0.25, 0.3) is 0 Å². The van der Waals surface area contributed by atoms with Gasteiger partial charge < -0.3 is 20.7 Å². The maximum absolute atomic E-state index is 5.74. The molecule has 10 heteroatoms. The summed E-state index contributed by atoms with van der Waals surface area (Å²) in [5.74, 6) is 1.89. The van der Waals surface area contributed by atoms with E-state index in [4.69, 9.17) is 20.4 Å². The molecule has 5 heterocycles. The number of nitrogen functional groups attached to an aromatic ring is 1. The lowest BCUT2D eigenvalue weighted by Gasteiger charge is -2.28. The first-order valence-electron chi connectivity index (χ1n) is 10.3. The van der Waals surface area contributed by atoms with Crippen LogP contribution >= 0.6 is 11.3 Å². The van der Waals surface area contributed by atoms with Gasteiger partial charge in [0.15, 0.2) is 11.6 Å². The monoisotopic (exact) mass is 426 g/mol. The number of nitrogens with zero attached hydrogens (tertiary/aromatic N) is 6. The van der Waals surface area contributed by atoms with E-state index in [0.29, 0.717) is 19.0 Å². The van der Waals surface area contributed by atoms with Gasteiger partial charge in [-0.3, -0.25) is 4.90 Å². The third kappa shape index (κ3) is 3.95. The first kappa shape index (κ1) is 19.6. The molecule has 0 spiro atoms. The van der Waals surface area contributed by atoms with Crippen LogP contribution in [0.4, 0.5) is 11.8 Å². The SMILES string of the molecule is Cc1nc(N)ncc1-c1nc(N2CCOCC2)c2sc(CN3CCNCC3)cc2n1. The minimum Gasteiger partial charge on any atom is -0.378 e. The summed E-state index contributed by atoms with van der Waals surface area (Å²) in [6.45, 7) is 10.2. The Morgan fingerprint density at radius 1 is 1.13 bits per heavy atom. The highest BCUT2D eigenvalue weighted by Crippen LogP contribution is 2.35. The summed E-state index contributed by atoms with van der Waals surface area (Å²) in [5.41, 5.74) is 8.32. The molecule has 30 heavy (non-hydrogen) atoms. The largest absolute Gasteiger partial charge is 0.378 e. The van der Waals surface area contributed by atoms with E-state index >= 15 is 0 Å². The number of piperazine rings is 1. The van der Waals surface area contributed by atoms with Crippen LogP contribution in [0.2, 0.25) is 0 Å². The maximum atomic E-state index is 5.74. The number of aryl methyl sites for hydroxylation is 1. The van der Waals surface area contributed by atoms with Crippen LogP contribution in [0.3, 0.4) is 0 Å². The molecular weight excluding hydrogens is 400 g/mol. The molecule has 9 nitrogen and oxygen atoms in total. The van der Waals surface area contributed by atoms with Gasteiger partial charge in [-0.25, -0.2) is 19.9 Å². The molecule has 5 rings (SSSR count). The van der Waals surface area contributed by atoms with Gasteiger partial charge in [-0.05, 0) is 13.0 Å². The molecule has 0 radical (unpaired) electrons. The van der Waals surface area contributed by atoms with Crippen molar-refractivity contribution in [2.45, 2.75) is 13.5 Å². The zero-order chi connectivity index (χ0) is 20.5. The predicted molar refractivity (Wildman–Crippen MR) is 119 cm³/mol. The van der Waals surface area contributed by atoms with Crippen LogP contribution in [0.1, 0.15) is 10.6 Å². The van der Waals surface area contributed by atoms with Crippen molar-refractivity contribution in [1.82, 2.24) is 30.2 Å². The van der Waals surface area contributed by atoms with Crippen LogP contribution in [-0.4, -0.2) is 77.3 Å². The summed E-state index contributed by atoms with van der Waals surface area (Å²) in [5, 5.41) is 3.41. The first-order valence-corrected chi connectivity index (χ1v) is 11.1. The summed E-state index contributed by atoms with van der Waals surface area (Å²) in [7, 11) is 0. The molecule has 3 N–H and O–H groups in total. The molecule has 0 bridgehead atoms. The van der Waals surface area contributed by atoms with Crippen LogP contribution in [0.25, 0.3) is 21.6 Å². The van der Waals surface area contributed by atoms with E-state index < -0.39 is 0 Å². The first-order chi connectivity index (χ1) is 14.7. The molecule has 0 atom stereocenters. The van der Waals surface area contributed by atoms with E-state index in [1.54, 1.807) is 17.5 Å². The fourth-order valence-corrected chi connectivity index (χ4v) is 5.10. The minimum absolute atomic E-state index is 0.263. The summed E-state index contributed by atoms with van der Waals surface area (Å²) in [6, 6.07) is 2.21. The van der Waals surface area contributed by atoms with Crippen LogP contribution in [0.15, 0.2) is 12.3 Å². The van der Waals surface area contributed by atoms with Crippen molar-refractivity contribution in [3.63, 3.8) is 0 Å². The second-order valence-electron chi connectivity index (χ2n) is 7.65. The predicted octanol–water partition coefficient (Wildman–Crippen LogP) is 1.28. The Morgan fingerprint density at radius 3 is 2.70 bits per heavy atom. The van der Waals surface area contributed by atoms with Crippen LogP contribution in [0.5, 0.6) is 0 Å². The summed E-state index contributed by atoms with van der Waals surface area (Å²) >= 11 is 1.80. The summed E-state index contributed by atoms with van der Waals surface area (Å²) in [4.78, 5) is 24.4. The van der Waals surface area contributed by atoms with Gasteiger partial charge in [-0.2, -0.15) is 0 Å². The average molecular weight is 427 g/mol. The van der Waals surface area contributed by atoms with E-state index in [0.717, 1.165) is 73.1 Å². The molecule has 3 aromatic heterocycles. The zero-order valence-electron chi connectivity index (χ0n) is 17.1. The normalized spacial score (nSPS) is 18.2. The van der Waals surface area contributed by atoms with Gasteiger partial charge in [-0.15, -0.1) is 11.3 Å². The van der Waals surface area contributed by atoms with Crippen molar-refractivity contribution >= 4 is 33.3 Å². The van der Waals surface area contributed by atoms with Crippen LogP contribution in [0, 0.1) is 6.92 Å². The number of rotatable bonds is 4. The second-order valence-corrected chi connectivity index (χ2v) is 8.79. The average Bonchev–Trinajstić information content (AvgIpc) is 3.16. The minimum atomic E-state index is 0.263. The number of nitrogens with one attached hydrogen (secondary N) is 1. The van der Waals surface area contributed by atoms with Crippen molar-refractivity contribution in [2.75, 3.05) is 63.1 Å². The van der Waals surface area contributed by atoms with E-state index in [9.17, 15) is 0 Å². The third-order valence-electron chi connectivity index (χ3n) is 5.54. The molecule has 0 saturated carbocycles. The number of ether oxygens (including phenoxy) is 1. The number of hydrogen-bond acceptors (Lipinski definition) is 10. The van der Waals surface area contributed by atoms with Gasteiger partial charge in [0.05, 0.1) is 34.7 Å². The Kier molecular flexibility index (Phi) is 5.47. The Balaban J connectivity index is 1.57. The van der Waals surface area contributed by atoms with Crippen molar-refractivity contribution in [3.8, 4) is 11.4 Å². The second kappa shape index (κ2) is 8.38. The highest BCUT2D eigenvalue weighted by atomic mass is 32.1. The fourth-order valence-electron chi connectivity index (χ4n) is 3.95. The third-order valence-corrected chi connectivity index (χ3v) is 6.65. The number of fused-ring (bicyclic) bond motifs is 1. The Labute approximate surface area is 179 Å². The van der Waals surface area contributed by atoms with Gasteiger partial charge in [0.1, 0.15) is 0 Å². The zero-order valence-corrected chi connectivity index (χ0v) is 17.9. The fraction of sp³-hybridized carbons (Fsp3) is 0.500. The number of anilines is 2. The van der Waals surface area contributed by atoms with E-state index in [1.807, 2.05) is 6.92 Å². The molecule has 0 amide bonds. The lowest BCUT2D eigenvalue weighted by atomic mass is 10.2. The molecule has 0 unspecified atom stereocenters. The number of aromatic nitrogens is 4. The molecule has 3 aromatic rings. The Morgan fingerprint density at radius 2 is 1.93 bits per heavy atom. The van der Waals surface area contributed by atoms with E-state index in [-0.39, 0.29) is 5.95 Å². The van der Waals surface area contributed by atoms with Gasteiger partial charge in [0.2, 0.25) is 5.95 Å². The number of nitrogens with two attached hydrogens (primary N) is 1. The van der Waals surface area contributed by atoms with E-state index in [2.05, 4.69) is 31.2 Å². The molecule has 0 aliphatic carbocycles. The lowest BCUT2D eigenvalue weighted by molar-refractivity contribution is 0.122. The molecule has 2 aliphatic rings. The summed E-state index contributed by atoms with van der Waals surface area (Å²) in [6.07, 6.45) is 1.72. The van der Waals surface area contributed by atoms with Gasteiger partial charge in [0, 0.05) is 56.9 Å². The molecule has 2 saturated heterocycles. The number of morpholine rings is 1. The standard InChI is InChI=1S/C20H26N8OS/c1-13-15(11-23-20(21)24-13)18-25-16-10-14(12-27-4-2-22-3-5-27)30-17(16)19(26-18)28-6-8-29-9-7-28/h10-11,22H,2-9,12H2,1H3,(H2,21,23,24). The van der Waals surface area contributed by atoms with Crippen molar-refractivity contribution < 1.29 is 4.74 Å². The van der Waals surface area contributed by atoms with Crippen molar-refractivity contribution in [1.29, 1.82) is 0 Å². The molecular formula is C20H26N8OS. The molecule has 0 aromatic carbocycles. The van der Waals surface area contributed by atoms with Gasteiger partial charge in [-0.1, -0.05) is 0 Å². The van der Waals surface area contributed by atoms with Crippen molar-refractivity contribution in [2.24, 2.45) is 0 Å². The molecule has 158 valence electrons. The lowest BCUT2D eigenvalue weighted by Crippen LogP contribution is -2.42. The maximum Gasteiger partial charge on any atom is 0.220 e. The van der Waals surface area contributed by atoms with E-state index in [1.165, 1.54) is 4.88 Å². The highest BCUT2D eigenvalue weighted by Gasteiger charge is 2.22. The Hall–Kier alpha value is -2.40. The molecule has 2 aliphatic heterocycles. The van der Waals surface area contributed by atoms with Gasteiger partial charge >= 0.3 is 0 Å². The summed E-state index contributed by atoms with van der Waals surface area (Å²) < 4.78 is 6.70. The highest BCUT2D eigenvalue weighted by molar-refractivity contribution is 7.19. The van der Waals surface area contributed by atoms with Crippen LogP contribution < -0.4 is 16.0 Å². The van der Waals surface area contributed by atoms with Crippen LogP contribution in [-0.2, 0) is 11.3 Å².